The number of rotatable bonds is 8. The van der Waals surface area contributed by atoms with Gasteiger partial charge in [0.1, 0.15) is 6.23 Å². The van der Waals surface area contributed by atoms with Gasteiger partial charge in [0.05, 0.1) is 6.42 Å². The summed E-state index contributed by atoms with van der Waals surface area (Å²) in [6.07, 6.45) is -5.96. The number of aryl methyl sites for hydroxylation is 2. The lowest BCUT2D eigenvalue weighted by atomic mass is 10.0. The molecule has 0 heterocycles. The number of benzene rings is 2. The molecule has 4 N–H and O–H groups in total. The van der Waals surface area contributed by atoms with Gasteiger partial charge in [0.15, 0.2) is 0 Å². The maximum Gasteiger partial charge on any atom is 0.635 e. The van der Waals surface area contributed by atoms with Crippen molar-refractivity contribution >= 4 is 24.8 Å². The molecule has 0 saturated carbocycles. The highest BCUT2D eigenvalue weighted by atomic mass is 19.4. The third-order valence-corrected chi connectivity index (χ3v) is 4.35. The van der Waals surface area contributed by atoms with Crippen LogP contribution in [0.5, 0.6) is 0 Å². The summed E-state index contributed by atoms with van der Waals surface area (Å²) in [4.78, 5) is 23.3. The minimum atomic E-state index is -5.00. The lowest BCUT2D eigenvalue weighted by Gasteiger charge is -2.21. The van der Waals surface area contributed by atoms with E-state index in [1.54, 1.807) is 5.32 Å². The van der Waals surface area contributed by atoms with E-state index in [2.05, 4.69) is 5.32 Å². The van der Waals surface area contributed by atoms with Crippen molar-refractivity contribution in [3.05, 3.63) is 64.7 Å². The maximum atomic E-state index is 12.4. The van der Waals surface area contributed by atoms with Crippen LogP contribution >= 0.6 is 0 Å². The second-order valence-corrected chi connectivity index (χ2v) is 6.98. The van der Waals surface area contributed by atoms with Crippen molar-refractivity contribution in [1.82, 2.24) is 5.32 Å². The number of amides is 2. The van der Waals surface area contributed by atoms with E-state index in [0.717, 1.165) is 16.7 Å². The average molecular weight is 438 g/mol. The summed E-state index contributed by atoms with van der Waals surface area (Å²) in [5.41, 5.74) is 3.26. The molecule has 0 saturated heterocycles. The second-order valence-electron chi connectivity index (χ2n) is 6.98. The van der Waals surface area contributed by atoms with E-state index < -0.39 is 31.5 Å². The number of alkyl halides is 3. The van der Waals surface area contributed by atoms with E-state index in [1.165, 1.54) is 24.3 Å². The average Bonchev–Trinajstić information content (AvgIpc) is 2.64. The third kappa shape index (κ3) is 8.04. The van der Waals surface area contributed by atoms with Crippen LogP contribution in [0.25, 0.3) is 0 Å². The molecule has 166 valence electrons. The molecule has 2 aromatic carbocycles. The Morgan fingerprint density at radius 3 is 2.29 bits per heavy atom. The lowest BCUT2D eigenvalue weighted by molar-refractivity contribution is -0.167. The lowest BCUT2D eigenvalue weighted by Crippen LogP contribution is -2.43. The van der Waals surface area contributed by atoms with Crippen LogP contribution < -0.4 is 10.6 Å². The number of hydrogen-bond donors (Lipinski definition) is 4. The first kappa shape index (κ1) is 24.4. The minimum Gasteiger partial charge on any atom is -0.402 e. The first-order valence-corrected chi connectivity index (χ1v) is 9.28. The van der Waals surface area contributed by atoms with Crippen molar-refractivity contribution in [3.63, 3.8) is 0 Å². The van der Waals surface area contributed by atoms with Crippen molar-refractivity contribution in [2.24, 2.45) is 0 Å². The molecule has 2 rings (SSSR count). The zero-order chi connectivity index (χ0) is 23.2. The fourth-order valence-corrected chi connectivity index (χ4v) is 2.88. The molecule has 1 atom stereocenters. The Morgan fingerprint density at radius 1 is 1.10 bits per heavy atom. The molecule has 0 aromatic heterocycles. The first-order chi connectivity index (χ1) is 14.4. The van der Waals surface area contributed by atoms with Gasteiger partial charge in [-0.05, 0) is 42.7 Å². The fraction of sp³-hybridized carbons (Fsp3) is 0.300. The number of carbonyl (C=O) groups is 2. The van der Waals surface area contributed by atoms with Crippen LogP contribution in [0, 0.1) is 13.8 Å². The normalized spacial score (nSPS) is 12.2. The Hall–Kier alpha value is -2.89. The molecule has 0 aliphatic heterocycles. The summed E-state index contributed by atoms with van der Waals surface area (Å²) in [5, 5.41) is 22.6. The molecule has 0 spiro atoms. The quantitative estimate of drug-likeness (QED) is 0.373. The standard InChI is InChI=1S/C20H22BF3N2O5/c1-12-3-6-15(13(2)9-12)11-18(31-21(29)30)26-17(27)10-14-4-7-16(8-5-14)25-19(28)20(22,23)24/h3-9,18,29-30H,10-11H2,1-2H3,(H,25,28)(H,26,27)/t18-/m1/s1. The van der Waals surface area contributed by atoms with Crippen molar-refractivity contribution in [2.45, 2.75) is 39.1 Å². The van der Waals surface area contributed by atoms with Crippen molar-refractivity contribution in [3.8, 4) is 0 Å². The van der Waals surface area contributed by atoms with Crippen LogP contribution in [0.15, 0.2) is 42.5 Å². The van der Waals surface area contributed by atoms with Gasteiger partial charge in [-0.2, -0.15) is 13.2 Å². The Labute approximate surface area is 177 Å². The summed E-state index contributed by atoms with van der Waals surface area (Å²) in [7, 11) is -2.09. The SMILES string of the molecule is Cc1ccc(C[C@H](NC(=O)Cc2ccc(NC(=O)C(F)(F)F)cc2)OB(O)O)c(C)c1. The number of carbonyl (C=O) groups excluding carboxylic acids is 2. The van der Waals surface area contributed by atoms with Gasteiger partial charge in [-0.25, -0.2) is 0 Å². The van der Waals surface area contributed by atoms with Gasteiger partial charge >= 0.3 is 19.4 Å². The molecule has 0 bridgehead atoms. The van der Waals surface area contributed by atoms with Crippen molar-refractivity contribution < 1.29 is 37.5 Å². The van der Waals surface area contributed by atoms with Crippen LogP contribution in [0.3, 0.4) is 0 Å². The minimum absolute atomic E-state index is 0.0639. The van der Waals surface area contributed by atoms with Crippen molar-refractivity contribution in [1.29, 1.82) is 0 Å². The van der Waals surface area contributed by atoms with Crippen LogP contribution in [0.1, 0.15) is 22.3 Å². The summed E-state index contributed by atoms with van der Waals surface area (Å²) < 4.78 is 41.8. The van der Waals surface area contributed by atoms with Gasteiger partial charge in [0.25, 0.3) is 0 Å². The van der Waals surface area contributed by atoms with E-state index in [4.69, 9.17) is 14.7 Å². The Morgan fingerprint density at radius 2 is 1.74 bits per heavy atom. The summed E-state index contributed by atoms with van der Waals surface area (Å²) in [6.45, 7) is 3.82. The number of halogens is 3. The van der Waals surface area contributed by atoms with E-state index in [0.29, 0.717) is 5.56 Å². The largest absolute Gasteiger partial charge is 0.635 e. The molecule has 0 fully saturated rings. The molecule has 0 aliphatic rings. The second kappa shape index (κ2) is 10.4. The van der Waals surface area contributed by atoms with Crippen LogP contribution in [-0.4, -0.2) is 41.6 Å². The van der Waals surface area contributed by atoms with E-state index in [-0.39, 0.29) is 18.5 Å². The van der Waals surface area contributed by atoms with Gasteiger partial charge in [-0.1, -0.05) is 35.9 Å². The summed E-state index contributed by atoms with van der Waals surface area (Å²) in [5.74, 6) is -2.59. The monoisotopic (exact) mass is 438 g/mol. The highest BCUT2D eigenvalue weighted by Crippen LogP contribution is 2.19. The highest BCUT2D eigenvalue weighted by molar-refractivity contribution is 6.32. The third-order valence-electron chi connectivity index (χ3n) is 4.35. The van der Waals surface area contributed by atoms with E-state index in [1.807, 2.05) is 32.0 Å². The summed E-state index contributed by atoms with van der Waals surface area (Å²) >= 11 is 0. The molecule has 0 unspecified atom stereocenters. The van der Waals surface area contributed by atoms with Crippen LogP contribution in [0.2, 0.25) is 0 Å². The zero-order valence-corrected chi connectivity index (χ0v) is 16.9. The molecule has 2 amide bonds. The van der Waals surface area contributed by atoms with Gasteiger partial charge in [-0.3, -0.25) is 9.59 Å². The van der Waals surface area contributed by atoms with Gasteiger partial charge in [0, 0.05) is 12.1 Å². The molecule has 31 heavy (non-hydrogen) atoms. The molecule has 11 heteroatoms. The summed E-state index contributed by atoms with van der Waals surface area (Å²) in [6, 6.07) is 11.0. The Kier molecular flexibility index (Phi) is 8.20. The molecule has 0 aliphatic carbocycles. The smallest absolute Gasteiger partial charge is 0.402 e. The topological polar surface area (TPSA) is 108 Å². The number of nitrogens with one attached hydrogen (secondary N) is 2. The van der Waals surface area contributed by atoms with Crippen molar-refractivity contribution in [2.75, 3.05) is 5.32 Å². The zero-order valence-electron chi connectivity index (χ0n) is 16.9. The molecular formula is C20H22BF3N2O5. The number of anilines is 1. The molecule has 2 aromatic rings. The fourth-order valence-electron chi connectivity index (χ4n) is 2.88. The molecule has 7 nitrogen and oxygen atoms in total. The molecule has 0 radical (unpaired) electrons. The molecular weight excluding hydrogens is 416 g/mol. The maximum absolute atomic E-state index is 12.4. The first-order valence-electron chi connectivity index (χ1n) is 9.28. The van der Waals surface area contributed by atoms with Gasteiger partial charge < -0.3 is 25.3 Å². The number of hydrogen-bond acceptors (Lipinski definition) is 5. The van der Waals surface area contributed by atoms with Gasteiger partial charge in [-0.15, -0.1) is 0 Å². The Balaban J connectivity index is 1.99. The van der Waals surface area contributed by atoms with E-state index in [9.17, 15) is 22.8 Å². The van der Waals surface area contributed by atoms with Crippen LogP contribution in [-0.2, 0) is 27.1 Å². The Bertz CT molecular complexity index is 920. The predicted octanol–water partition coefficient (Wildman–Crippen LogP) is 2.02. The predicted molar refractivity (Wildman–Crippen MR) is 108 cm³/mol. The van der Waals surface area contributed by atoms with E-state index >= 15 is 0 Å². The van der Waals surface area contributed by atoms with Crippen LogP contribution in [0.4, 0.5) is 18.9 Å². The van der Waals surface area contributed by atoms with Gasteiger partial charge in [0.2, 0.25) is 5.91 Å². The highest BCUT2D eigenvalue weighted by Gasteiger charge is 2.38.